The second kappa shape index (κ2) is 5.73. The zero-order valence-electron chi connectivity index (χ0n) is 10.9. The molecule has 1 aromatic heterocycles. The normalized spacial score (nSPS) is 14.1. The lowest BCUT2D eigenvalue weighted by Crippen LogP contribution is -2.35. The molecule has 0 bridgehead atoms. The van der Waals surface area contributed by atoms with Gasteiger partial charge < -0.3 is 9.88 Å². The van der Waals surface area contributed by atoms with Crippen molar-refractivity contribution in [3.8, 4) is 0 Å². The number of nitrogens with zero attached hydrogens (tertiary/aromatic N) is 2. The zero-order valence-corrected chi connectivity index (χ0v) is 11.8. The van der Waals surface area contributed by atoms with Gasteiger partial charge in [0, 0.05) is 18.0 Å². The van der Waals surface area contributed by atoms with Gasteiger partial charge in [0.1, 0.15) is 0 Å². The van der Waals surface area contributed by atoms with Crippen molar-refractivity contribution in [2.24, 2.45) is 0 Å². The Morgan fingerprint density at radius 1 is 1.56 bits per heavy atom. The van der Waals surface area contributed by atoms with Crippen LogP contribution in [0.25, 0.3) is 0 Å². The summed E-state index contributed by atoms with van der Waals surface area (Å²) in [6.45, 7) is 7.67. The van der Waals surface area contributed by atoms with E-state index in [0.29, 0.717) is 5.25 Å². The van der Waals surface area contributed by atoms with E-state index in [1.165, 1.54) is 12.1 Å². The van der Waals surface area contributed by atoms with Crippen molar-refractivity contribution >= 4 is 11.8 Å². The minimum absolute atomic E-state index is 0.0148. The van der Waals surface area contributed by atoms with Gasteiger partial charge >= 0.3 is 0 Å². The molecule has 1 unspecified atom stereocenters. The van der Waals surface area contributed by atoms with Crippen molar-refractivity contribution in [1.29, 1.82) is 0 Å². The standard InChI is InChI=1S/C12H23N3S/c1-10(16-5)6-7-15-9-14-8-11(15)12(2,3)13-4/h8-10,13H,6-7H2,1-5H3. The van der Waals surface area contributed by atoms with Crippen molar-refractivity contribution in [3.05, 3.63) is 18.2 Å². The van der Waals surface area contributed by atoms with Gasteiger partial charge in [-0.2, -0.15) is 11.8 Å². The Morgan fingerprint density at radius 2 is 2.25 bits per heavy atom. The number of aryl methyl sites for hydroxylation is 1. The maximum atomic E-state index is 4.26. The van der Waals surface area contributed by atoms with E-state index in [9.17, 15) is 0 Å². The molecule has 0 spiro atoms. The summed E-state index contributed by atoms with van der Waals surface area (Å²) in [5, 5.41) is 4.02. The second-order valence-corrected chi connectivity index (χ2v) is 5.96. The van der Waals surface area contributed by atoms with Gasteiger partial charge in [-0.25, -0.2) is 4.98 Å². The summed E-state index contributed by atoms with van der Waals surface area (Å²) in [5.74, 6) is 0. The van der Waals surface area contributed by atoms with E-state index in [0.717, 1.165) is 6.54 Å². The van der Waals surface area contributed by atoms with Crippen LogP contribution in [0.1, 0.15) is 32.9 Å². The molecule has 0 radical (unpaired) electrons. The van der Waals surface area contributed by atoms with E-state index in [1.54, 1.807) is 0 Å². The molecule has 0 fully saturated rings. The van der Waals surface area contributed by atoms with Gasteiger partial charge in [0.2, 0.25) is 0 Å². The Labute approximate surface area is 103 Å². The monoisotopic (exact) mass is 241 g/mol. The van der Waals surface area contributed by atoms with Crippen LogP contribution >= 0.6 is 11.8 Å². The Bertz CT molecular complexity index is 320. The lowest BCUT2D eigenvalue weighted by Gasteiger charge is -2.25. The maximum absolute atomic E-state index is 4.26. The maximum Gasteiger partial charge on any atom is 0.0948 e. The van der Waals surface area contributed by atoms with Gasteiger partial charge in [-0.1, -0.05) is 6.92 Å². The Morgan fingerprint density at radius 3 is 2.81 bits per heavy atom. The SMILES string of the molecule is CNC(C)(C)c1cncn1CCC(C)SC. The van der Waals surface area contributed by atoms with E-state index < -0.39 is 0 Å². The average molecular weight is 241 g/mol. The number of rotatable bonds is 6. The molecular formula is C12H23N3S. The molecule has 0 saturated heterocycles. The molecular weight excluding hydrogens is 218 g/mol. The smallest absolute Gasteiger partial charge is 0.0948 e. The number of nitrogens with one attached hydrogen (secondary N) is 1. The molecule has 3 nitrogen and oxygen atoms in total. The molecule has 1 N–H and O–H groups in total. The number of aromatic nitrogens is 2. The van der Waals surface area contributed by atoms with Crippen LogP contribution in [-0.2, 0) is 12.1 Å². The summed E-state index contributed by atoms with van der Waals surface area (Å²) in [5.41, 5.74) is 1.24. The Hall–Kier alpha value is -0.480. The highest BCUT2D eigenvalue weighted by Crippen LogP contribution is 2.20. The first-order valence-electron chi connectivity index (χ1n) is 5.73. The molecule has 1 heterocycles. The van der Waals surface area contributed by atoms with Gasteiger partial charge in [0.05, 0.1) is 17.6 Å². The molecule has 0 amide bonds. The number of thioether (sulfide) groups is 1. The quantitative estimate of drug-likeness (QED) is 0.830. The Balaban J connectivity index is 2.71. The fourth-order valence-corrected chi connectivity index (χ4v) is 1.93. The van der Waals surface area contributed by atoms with E-state index >= 15 is 0 Å². The fourth-order valence-electron chi connectivity index (χ4n) is 1.59. The fraction of sp³-hybridized carbons (Fsp3) is 0.750. The van der Waals surface area contributed by atoms with Crippen LogP contribution in [0.2, 0.25) is 0 Å². The van der Waals surface area contributed by atoms with Gasteiger partial charge in [-0.3, -0.25) is 0 Å². The summed E-state index contributed by atoms with van der Waals surface area (Å²) in [7, 11) is 1.99. The highest BCUT2D eigenvalue weighted by atomic mass is 32.2. The molecule has 0 aliphatic rings. The molecule has 0 aromatic carbocycles. The molecule has 0 aliphatic heterocycles. The van der Waals surface area contributed by atoms with Crippen molar-refractivity contribution in [2.75, 3.05) is 13.3 Å². The summed E-state index contributed by atoms with van der Waals surface area (Å²) >= 11 is 1.92. The summed E-state index contributed by atoms with van der Waals surface area (Å²) in [6, 6.07) is 0. The van der Waals surface area contributed by atoms with Crippen molar-refractivity contribution in [2.45, 2.75) is 44.5 Å². The van der Waals surface area contributed by atoms with E-state index in [4.69, 9.17) is 0 Å². The van der Waals surface area contributed by atoms with E-state index in [1.807, 2.05) is 31.3 Å². The number of hydrogen-bond donors (Lipinski definition) is 1. The van der Waals surface area contributed by atoms with Crippen LogP contribution in [0.4, 0.5) is 0 Å². The second-order valence-electron chi connectivity index (χ2n) is 4.68. The van der Waals surface area contributed by atoms with Crippen LogP contribution < -0.4 is 5.32 Å². The minimum Gasteiger partial charge on any atom is -0.333 e. The molecule has 0 saturated carbocycles. The Kier molecular flexibility index (Phi) is 4.87. The minimum atomic E-state index is -0.0148. The number of hydrogen-bond acceptors (Lipinski definition) is 3. The van der Waals surface area contributed by atoms with Gasteiger partial charge in [-0.05, 0) is 33.6 Å². The molecule has 16 heavy (non-hydrogen) atoms. The molecule has 1 atom stereocenters. The predicted octanol–water partition coefficient (Wildman–Crippen LogP) is 2.48. The van der Waals surface area contributed by atoms with Crippen LogP contribution in [0, 0.1) is 0 Å². The van der Waals surface area contributed by atoms with E-state index in [-0.39, 0.29) is 5.54 Å². The van der Waals surface area contributed by atoms with E-state index in [2.05, 4.69) is 41.9 Å². The predicted molar refractivity (Wildman–Crippen MR) is 71.9 cm³/mol. The topological polar surface area (TPSA) is 29.9 Å². The first kappa shape index (κ1) is 13.6. The van der Waals surface area contributed by atoms with Crippen molar-refractivity contribution in [1.82, 2.24) is 14.9 Å². The van der Waals surface area contributed by atoms with Gasteiger partial charge in [0.25, 0.3) is 0 Å². The molecule has 1 rings (SSSR count). The third-order valence-electron chi connectivity index (χ3n) is 3.16. The highest BCUT2D eigenvalue weighted by Gasteiger charge is 2.21. The third kappa shape index (κ3) is 3.25. The molecule has 4 heteroatoms. The lowest BCUT2D eigenvalue weighted by atomic mass is 10.0. The largest absolute Gasteiger partial charge is 0.333 e. The molecule has 0 aliphatic carbocycles. The first-order chi connectivity index (χ1) is 7.51. The van der Waals surface area contributed by atoms with Gasteiger partial charge in [-0.15, -0.1) is 0 Å². The van der Waals surface area contributed by atoms with Gasteiger partial charge in [0.15, 0.2) is 0 Å². The summed E-state index contributed by atoms with van der Waals surface area (Å²) in [4.78, 5) is 4.26. The third-order valence-corrected chi connectivity index (χ3v) is 4.20. The molecule has 92 valence electrons. The van der Waals surface area contributed by atoms with Crippen molar-refractivity contribution < 1.29 is 0 Å². The summed E-state index contributed by atoms with van der Waals surface area (Å²) < 4.78 is 2.25. The van der Waals surface area contributed by atoms with Crippen LogP contribution in [0.5, 0.6) is 0 Å². The van der Waals surface area contributed by atoms with Crippen LogP contribution in [0.3, 0.4) is 0 Å². The van der Waals surface area contributed by atoms with Crippen LogP contribution in [0.15, 0.2) is 12.5 Å². The van der Waals surface area contributed by atoms with Crippen LogP contribution in [-0.4, -0.2) is 28.1 Å². The molecule has 1 aromatic rings. The average Bonchev–Trinajstić information content (AvgIpc) is 2.74. The zero-order chi connectivity index (χ0) is 12.2. The lowest BCUT2D eigenvalue weighted by molar-refractivity contribution is 0.406. The summed E-state index contributed by atoms with van der Waals surface area (Å²) in [6.07, 6.45) is 7.24. The number of imidazole rings is 1. The first-order valence-corrected chi connectivity index (χ1v) is 7.02. The van der Waals surface area contributed by atoms with Crippen molar-refractivity contribution in [3.63, 3.8) is 0 Å². The highest BCUT2D eigenvalue weighted by molar-refractivity contribution is 7.99.